The number of hydrogen-bond acceptors (Lipinski definition) is 5. The van der Waals surface area contributed by atoms with Gasteiger partial charge in [-0.05, 0) is 80.6 Å². The first kappa shape index (κ1) is 32.0. The van der Waals surface area contributed by atoms with Gasteiger partial charge in [0.1, 0.15) is 11.2 Å². The van der Waals surface area contributed by atoms with Crippen LogP contribution in [-0.4, -0.2) is 15.0 Å². The lowest BCUT2D eigenvalue weighted by Crippen LogP contribution is -2.00. The van der Waals surface area contributed by atoms with E-state index >= 15 is 0 Å². The number of fused-ring (bicyclic) bond motifs is 4. The molecule has 10 rings (SSSR count). The predicted molar refractivity (Wildman–Crippen MR) is 222 cm³/mol. The van der Waals surface area contributed by atoms with Gasteiger partial charge in [0, 0.05) is 27.5 Å². The molecule has 0 bridgehead atoms. The maximum absolute atomic E-state index is 9.42. The van der Waals surface area contributed by atoms with Gasteiger partial charge in [0.05, 0.1) is 11.6 Å². The third kappa shape index (κ3) is 5.98. The normalized spacial score (nSPS) is 11.3. The molecular weight excluding hydrogens is 673 g/mol. The second kappa shape index (κ2) is 13.4. The first-order chi connectivity index (χ1) is 27.2. The summed E-state index contributed by atoms with van der Waals surface area (Å²) in [4.78, 5) is 15.1. The molecule has 0 aliphatic heterocycles. The van der Waals surface area contributed by atoms with Crippen molar-refractivity contribution in [3.63, 3.8) is 0 Å². The van der Waals surface area contributed by atoms with Gasteiger partial charge in [0.15, 0.2) is 17.5 Å². The van der Waals surface area contributed by atoms with Gasteiger partial charge in [0.25, 0.3) is 0 Å². The van der Waals surface area contributed by atoms with Crippen molar-refractivity contribution in [1.29, 1.82) is 5.26 Å². The number of nitrogens with zero attached hydrogens (tertiary/aromatic N) is 4. The molecule has 2 heterocycles. The lowest BCUT2D eigenvalue weighted by atomic mass is 9.96. The average molecular weight is 703 g/mol. The highest BCUT2D eigenvalue weighted by molar-refractivity contribution is 6.13. The lowest BCUT2D eigenvalue weighted by molar-refractivity contribution is 0.669. The minimum absolute atomic E-state index is 0.554. The predicted octanol–water partition coefficient (Wildman–Crippen LogP) is 12.8. The fourth-order valence-electron chi connectivity index (χ4n) is 7.35. The second-order valence-electron chi connectivity index (χ2n) is 13.6. The van der Waals surface area contributed by atoms with E-state index in [1.54, 1.807) is 0 Å². The average Bonchev–Trinajstić information content (AvgIpc) is 3.65. The molecule has 0 fully saturated rings. The summed E-state index contributed by atoms with van der Waals surface area (Å²) in [6.07, 6.45) is 0. The summed E-state index contributed by atoms with van der Waals surface area (Å²) in [7, 11) is 0. The Balaban J connectivity index is 1.07. The van der Waals surface area contributed by atoms with Crippen molar-refractivity contribution in [3.8, 4) is 73.6 Å². The molecular formula is C50H30N4O. The summed E-state index contributed by atoms with van der Waals surface area (Å²) in [5, 5.41) is 13.8. The van der Waals surface area contributed by atoms with Crippen molar-refractivity contribution >= 4 is 32.7 Å². The second-order valence-corrected chi connectivity index (χ2v) is 13.6. The van der Waals surface area contributed by atoms with E-state index < -0.39 is 0 Å². The summed E-state index contributed by atoms with van der Waals surface area (Å²) < 4.78 is 6.53. The van der Waals surface area contributed by atoms with Crippen LogP contribution < -0.4 is 0 Å². The number of benzene rings is 8. The molecule has 2 aromatic heterocycles. The molecule has 0 saturated heterocycles. The van der Waals surface area contributed by atoms with E-state index in [9.17, 15) is 5.26 Å². The van der Waals surface area contributed by atoms with E-state index in [0.717, 1.165) is 71.7 Å². The van der Waals surface area contributed by atoms with Crippen LogP contribution in [-0.2, 0) is 0 Å². The van der Waals surface area contributed by atoms with Gasteiger partial charge in [-0.15, -0.1) is 0 Å². The molecule has 0 aliphatic carbocycles. The Morgan fingerprint density at radius 2 is 0.945 bits per heavy atom. The molecule has 5 nitrogen and oxygen atoms in total. The first-order valence-corrected chi connectivity index (χ1v) is 18.1. The maximum Gasteiger partial charge on any atom is 0.164 e. The van der Waals surface area contributed by atoms with Gasteiger partial charge in [-0.1, -0.05) is 146 Å². The van der Waals surface area contributed by atoms with Gasteiger partial charge in [-0.25, -0.2) is 15.0 Å². The Kier molecular flexibility index (Phi) is 7.79. The molecule has 0 N–H and O–H groups in total. The van der Waals surface area contributed by atoms with Gasteiger partial charge < -0.3 is 4.42 Å². The Morgan fingerprint density at radius 1 is 0.382 bits per heavy atom. The minimum Gasteiger partial charge on any atom is -0.456 e. The number of hydrogen-bond donors (Lipinski definition) is 0. The number of aromatic nitrogens is 3. The zero-order chi connectivity index (χ0) is 36.7. The molecule has 0 spiro atoms. The van der Waals surface area contributed by atoms with Crippen LogP contribution in [0.3, 0.4) is 0 Å². The molecule has 0 amide bonds. The van der Waals surface area contributed by atoms with Gasteiger partial charge >= 0.3 is 0 Å². The van der Waals surface area contributed by atoms with Crippen LogP contribution in [0, 0.1) is 11.3 Å². The van der Waals surface area contributed by atoms with Crippen LogP contribution >= 0.6 is 0 Å². The standard InChI is InChI=1S/C50H30N4O/c51-31-32-8-6-13-39(28-32)36-18-23-38(24-19-36)48-52-49(41-25-20-34-11-4-5-12-40(34)29-41)54-50(53-48)42-26-27-44-46(30-42)55-45-15-7-14-43(47(44)45)37-21-16-35(17-22-37)33-9-2-1-3-10-33/h1-30H. The van der Waals surface area contributed by atoms with Crippen molar-refractivity contribution < 1.29 is 4.42 Å². The van der Waals surface area contributed by atoms with E-state index in [4.69, 9.17) is 19.4 Å². The van der Waals surface area contributed by atoms with Crippen LogP contribution in [0.5, 0.6) is 0 Å². The van der Waals surface area contributed by atoms with Crippen molar-refractivity contribution in [2.45, 2.75) is 0 Å². The van der Waals surface area contributed by atoms with Crippen LogP contribution in [0.15, 0.2) is 186 Å². The monoisotopic (exact) mass is 702 g/mol. The molecule has 10 aromatic rings. The molecule has 55 heavy (non-hydrogen) atoms. The Bertz CT molecular complexity index is 3090. The number of furan rings is 1. The van der Waals surface area contributed by atoms with E-state index in [1.807, 2.05) is 84.9 Å². The highest BCUT2D eigenvalue weighted by Crippen LogP contribution is 2.39. The Hall–Kier alpha value is -7.68. The van der Waals surface area contributed by atoms with Gasteiger partial charge in [0.2, 0.25) is 0 Å². The smallest absolute Gasteiger partial charge is 0.164 e. The van der Waals surface area contributed by atoms with E-state index in [2.05, 4.69) is 103 Å². The van der Waals surface area contributed by atoms with Gasteiger partial charge in [-0.2, -0.15) is 5.26 Å². The Labute approximate surface area is 317 Å². The fourth-order valence-corrected chi connectivity index (χ4v) is 7.35. The van der Waals surface area contributed by atoms with Crippen LogP contribution in [0.4, 0.5) is 0 Å². The molecule has 0 saturated carbocycles. The van der Waals surface area contributed by atoms with Crippen molar-refractivity contribution in [2.75, 3.05) is 0 Å². The highest BCUT2D eigenvalue weighted by Gasteiger charge is 2.17. The minimum atomic E-state index is 0.554. The topological polar surface area (TPSA) is 75.6 Å². The summed E-state index contributed by atoms with van der Waals surface area (Å²) in [6, 6.07) is 64.1. The van der Waals surface area contributed by atoms with Crippen molar-refractivity contribution in [3.05, 3.63) is 188 Å². The Morgan fingerprint density at radius 3 is 1.71 bits per heavy atom. The SMILES string of the molecule is N#Cc1cccc(-c2ccc(-c3nc(-c4ccc5ccccc5c4)nc(-c4ccc5c(c4)oc4cccc(-c6ccc(-c7ccccc7)cc6)c45)n3)cc2)c1. The maximum atomic E-state index is 9.42. The van der Waals surface area contributed by atoms with Crippen LogP contribution in [0.2, 0.25) is 0 Å². The summed E-state index contributed by atoms with van der Waals surface area (Å²) >= 11 is 0. The molecule has 5 heteroatoms. The highest BCUT2D eigenvalue weighted by atomic mass is 16.3. The first-order valence-electron chi connectivity index (χ1n) is 18.1. The third-order valence-corrected chi connectivity index (χ3v) is 10.2. The quantitative estimate of drug-likeness (QED) is 0.172. The summed E-state index contributed by atoms with van der Waals surface area (Å²) in [5.41, 5.74) is 11.4. The van der Waals surface area contributed by atoms with Crippen LogP contribution in [0.25, 0.3) is 100 Å². The van der Waals surface area contributed by atoms with E-state index in [0.29, 0.717) is 23.0 Å². The molecule has 0 atom stereocenters. The molecule has 0 aliphatic rings. The largest absolute Gasteiger partial charge is 0.456 e. The van der Waals surface area contributed by atoms with E-state index in [1.165, 1.54) is 11.1 Å². The molecule has 0 unspecified atom stereocenters. The molecule has 8 aromatic carbocycles. The molecule has 0 radical (unpaired) electrons. The fraction of sp³-hybridized carbons (Fsp3) is 0. The zero-order valence-corrected chi connectivity index (χ0v) is 29.5. The van der Waals surface area contributed by atoms with E-state index in [-0.39, 0.29) is 0 Å². The summed E-state index contributed by atoms with van der Waals surface area (Å²) in [5.74, 6) is 1.71. The molecule has 256 valence electrons. The zero-order valence-electron chi connectivity index (χ0n) is 29.5. The summed E-state index contributed by atoms with van der Waals surface area (Å²) in [6.45, 7) is 0. The van der Waals surface area contributed by atoms with Crippen molar-refractivity contribution in [1.82, 2.24) is 15.0 Å². The van der Waals surface area contributed by atoms with Crippen molar-refractivity contribution in [2.24, 2.45) is 0 Å². The lowest BCUT2D eigenvalue weighted by Gasteiger charge is -2.10. The number of nitriles is 1. The van der Waals surface area contributed by atoms with Gasteiger partial charge in [-0.3, -0.25) is 0 Å². The number of rotatable bonds is 6. The third-order valence-electron chi connectivity index (χ3n) is 10.2. The van der Waals surface area contributed by atoms with Crippen LogP contribution in [0.1, 0.15) is 5.56 Å².